The molecule has 0 fully saturated rings. The first kappa shape index (κ1) is 31.8. The van der Waals surface area contributed by atoms with Gasteiger partial charge in [0.15, 0.2) is 0 Å². The molecule has 0 saturated carbocycles. The average Bonchev–Trinajstić information content (AvgIpc) is 3.22. The second-order valence-electron chi connectivity index (χ2n) is 7.17. The van der Waals surface area contributed by atoms with E-state index in [4.69, 9.17) is 9.47 Å². The molecular formula is C20H27F2NaO6S4. The normalized spacial score (nSPS) is 17.1. The second kappa shape index (κ2) is 13.9. The Morgan fingerprint density at radius 3 is 1.67 bits per heavy atom. The number of aliphatic hydroxyl groups excluding tert-OH is 2. The molecule has 2 aliphatic heterocycles. The van der Waals surface area contributed by atoms with Crippen molar-refractivity contribution in [3.63, 3.8) is 0 Å². The minimum Gasteiger partial charge on any atom is -0.545 e. The van der Waals surface area contributed by atoms with E-state index in [1.54, 1.807) is 37.7 Å². The van der Waals surface area contributed by atoms with Crippen molar-refractivity contribution in [2.45, 2.75) is 60.9 Å². The molecule has 0 bridgehead atoms. The predicted octanol–water partition coefficient (Wildman–Crippen LogP) is 0.480. The third kappa shape index (κ3) is 7.41. The van der Waals surface area contributed by atoms with Gasteiger partial charge in [-0.2, -0.15) is 0 Å². The zero-order chi connectivity index (χ0) is 24.1. The largest absolute Gasteiger partial charge is 1.00 e. The number of rotatable bonds is 9. The number of carbonyl (C=O) groups is 1. The van der Waals surface area contributed by atoms with Crippen LogP contribution < -0.4 is 34.7 Å². The Labute approximate surface area is 232 Å². The number of aliphatic hydroxyl groups is 2. The molecule has 3 rings (SSSR count). The third-order valence-corrected chi connectivity index (χ3v) is 11.3. The summed E-state index contributed by atoms with van der Waals surface area (Å²) >= 11 is 6.03. The maximum Gasteiger partial charge on any atom is 1.00 e. The topological polar surface area (TPSA) is 99.1 Å². The number of methoxy groups -OCH3 is 2. The Morgan fingerprint density at radius 2 is 1.30 bits per heavy atom. The van der Waals surface area contributed by atoms with Crippen molar-refractivity contribution < 1.29 is 67.9 Å². The molecule has 33 heavy (non-hydrogen) atoms. The van der Waals surface area contributed by atoms with Crippen molar-refractivity contribution in [1.82, 2.24) is 0 Å². The third-order valence-electron chi connectivity index (χ3n) is 4.62. The number of alkyl halides is 2. The van der Waals surface area contributed by atoms with Gasteiger partial charge in [0, 0.05) is 52.6 Å². The zero-order valence-electron chi connectivity index (χ0n) is 19.2. The summed E-state index contributed by atoms with van der Waals surface area (Å²) in [6.45, 7) is 3.62. The fraction of sp³-hybridized carbons (Fsp3) is 0.650. The van der Waals surface area contributed by atoms with E-state index in [1.807, 2.05) is 6.92 Å². The molecular weight excluding hydrogens is 525 g/mol. The molecule has 13 heteroatoms. The van der Waals surface area contributed by atoms with E-state index in [9.17, 15) is 28.9 Å². The van der Waals surface area contributed by atoms with Crippen molar-refractivity contribution >= 4 is 53.0 Å². The number of hydrogen-bond acceptors (Lipinski definition) is 10. The quantitative estimate of drug-likeness (QED) is 0.421. The molecule has 6 nitrogen and oxygen atoms in total. The first-order chi connectivity index (χ1) is 15.1. The molecule has 2 N–H and O–H groups in total. The van der Waals surface area contributed by atoms with E-state index >= 15 is 0 Å². The van der Waals surface area contributed by atoms with Gasteiger partial charge in [-0.1, -0.05) is 0 Å². The van der Waals surface area contributed by atoms with Crippen molar-refractivity contribution in [2.75, 3.05) is 40.6 Å². The summed E-state index contributed by atoms with van der Waals surface area (Å²) in [5.74, 6) is -1.21. The summed E-state index contributed by atoms with van der Waals surface area (Å²) in [7, 11) is 3.25. The SMILES string of the molecule is CC(F)F.COCC1(COC)Sc2c(C)c3c(c(C(=O)[O-])c2S1)SC(CCO)(CCO)S3.[Na+]. The Hall–Kier alpha value is 0.790. The summed E-state index contributed by atoms with van der Waals surface area (Å²) in [5.41, 5.74) is 1.23. The number of ether oxygens (including phenoxy) is 2. The molecule has 0 aromatic heterocycles. The Balaban J connectivity index is 0.00000101. The van der Waals surface area contributed by atoms with Gasteiger partial charge < -0.3 is 29.6 Å². The Kier molecular flexibility index (Phi) is 13.4. The number of halogens is 2. The van der Waals surface area contributed by atoms with Crippen LogP contribution in [0.2, 0.25) is 0 Å². The van der Waals surface area contributed by atoms with Gasteiger partial charge >= 0.3 is 29.6 Å². The molecule has 1 aromatic carbocycles. The van der Waals surface area contributed by atoms with Gasteiger partial charge in [0.1, 0.15) is 4.08 Å². The number of aromatic carboxylic acids is 1. The number of thioether (sulfide) groups is 4. The molecule has 0 unspecified atom stereocenters. The van der Waals surface area contributed by atoms with Crippen molar-refractivity contribution in [1.29, 1.82) is 0 Å². The summed E-state index contributed by atoms with van der Waals surface area (Å²) in [5, 5.41) is 31.2. The van der Waals surface area contributed by atoms with Crippen LogP contribution in [0.1, 0.15) is 35.7 Å². The van der Waals surface area contributed by atoms with Crippen LogP contribution in [-0.4, -0.2) is 71.4 Å². The Bertz CT molecular complexity index is 762. The van der Waals surface area contributed by atoms with Gasteiger partial charge in [-0.15, -0.1) is 47.0 Å². The van der Waals surface area contributed by atoms with Crippen LogP contribution in [0, 0.1) is 6.92 Å². The van der Waals surface area contributed by atoms with Gasteiger partial charge in [0.2, 0.25) is 6.43 Å². The molecule has 0 spiro atoms. The van der Waals surface area contributed by atoms with E-state index in [0.29, 0.717) is 35.8 Å². The summed E-state index contributed by atoms with van der Waals surface area (Å²) in [4.78, 5) is 15.4. The number of carbonyl (C=O) groups excluding carboxylic acids is 1. The first-order valence-corrected chi connectivity index (χ1v) is 13.0. The number of hydrogen-bond donors (Lipinski definition) is 2. The fourth-order valence-electron chi connectivity index (χ4n) is 3.45. The van der Waals surface area contributed by atoms with Crippen molar-refractivity contribution in [3.05, 3.63) is 11.1 Å². The molecule has 2 aliphatic rings. The van der Waals surface area contributed by atoms with E-state index < -0.39 is 20.6 Å². The molecule has 1 aromatic rings. The van der Waals surface area contributed by atoms with E-state index in [0.717, 1.165) is 22.3 Å². The molecule has 0 radical (unpaired) electrons. The van der Waals surface area contributed by atoms with Gasteiger partial charge in [-0.3, -0.25) is 0 Å². The van der Waals surface area contributed by atoms with Crippen LogP contribution in [0.15, 0.2) is 19.6 Å². The van der Waals surface area contributed by atoms with E-state index in [2.05, 4.69) is 0 Å². The average molecular weight is 553 g/mol. The molecule has 0 saturated heterocycles. The van der Waals surface area contributed by atoms with Gasteiger partial charge in [-0.05, 0) is 32.3 Å². The number of benzene rings is 1. The van der Waals surface area contributed by atoms with Crippen LogP contribution in [0.5, 0.6) is 0 Å². The van der Waals surface area contributed by atoms with Crippen LogP contribution >= 0.6 is 47.0 Å². The number of carboxylic acid groups (broad SMARTS) is 1. The molecule has 182 valence electrons. The summed E-state index contributed by atoms with van der Waals surface area (Å²) < 4.78 is 30.6. The smallest absolute Gasteiger partial charge is 0.545 e. The Morgan fingerprint density at radius 1 is 0.939 bits per heavy atom. The standard InChI is InChI=1S/C18H24O6S4.C2H4F2.Na/c1-10-12-14(27-17(25-12,4-6-19)5-7-20)11(16(21)22)15-13(10)26-18(28-15,8-23-2)9-24-3;1-2(3)4;/h19-20H,4-9H2,1-3H3,(H,21,22);2H,1H3;/q;;+1/p-1. The number of carboxylic acids is 1. The van der Waals surface area contributed by atoms with Gasteiger partial charge in [0.05, 0.1) is 23.3 Å². The molecule has 0 amide bonds. The minimum atomic E-state index is -2.17. The predicted molar refractivity (Wildman–Crippen MR) is 123 cm³/mol. The van der Waals surface area contributed by atoms with Gasteiger partial charge in [-0.25, -0.2) is 8.78 Å². The maximum atomic E-state index is 12.2. The second-order valence-corrected chi connectivity index (χ2v) is 13.3. The van der Waals surface area contributed by atoms with Crippen molar-refractivity contribution in [2.24, 2.45) is 0 Å². The fourth-order valence-corrected chi connectivity index (χ4v) is 10.4. The molecule has 0 atom stereocenters. The molecule has 2 heterocycles. The van der Waals surface area contributed by atoms with Crippen molar-refractivity contribution in [3.8, 4) is 0 Å². The number of fused-ring (bicyclic) bond motifs is 2. The van der Waals surface area contributed by atoms with Crippen LogP contribution in [-0.2, 0) is 9.47 Å². The van der Waals surface area contributed by atoms with E-state index in [-0.39, 0.29) is 48.3 Å². The van der Waals surface area contributed by atoms with Crippen LogP contribution in [0.4, 0.5) is 8.78 Å². The monoisotopic (exact) mass is 552 g/mol. The van der Waals surface area contributed by atoms with E-state index in [1.165, 1.54) is 23.5 Å². The van der Waals surface area contributed by atoms with Crippen LogP contribution in [0.25, 0.3) is 0 Å². The summed E-state index contributed by atoms with van der Waals surface area (Å²) in [6.07, 6.45) is -1.24. The maximum absolute atomic E-state index is 12.2. The zero-order valence-corrected chi connectivity index (χ0v) is 24.5. The molecule has 0 aliphatic carbocycles. The van der Waals surface area contributed by atoms with Gasteiger partial charge in [0.25, 0.3) is 0 Å². The minimum absolute atomic E-state index is 0. The first-order valence-electron chi connectivity index (χ1n) is 9.75. The summed E-state index contributed by atoms with van der Waals surface area (Å²) in [6, 6.07) is 0. The van der Waals surface area contributed by atoms with Crippen LogP contribution in [0.3, 0.4) is 0 Å².